The largest absolute Gasteiger partial charge is 0.382 e. The number of rotatable bonds is 3. The Hall–Kier alpha value is -0.680. The van der Waals surface area contributed by atoms with Gasteiger partial charge in [-0.15, -0.1) is 0 Å². The molecule has 2 heterocycles. The summed E-state index contributed by atoms with van der Waals surface area (Å²) in [6.07, 6.45) is 10.3. The molecular formula is C23H34ClFN2O. The Balaban J connectivity index is 1.80. The molecule has 1 aromatic carbocycles. The van der Waals surface area contributed by atoms with Gasteiger partial charge in [-0.25, -0.2) is 4.39 Å². The molecule has 1 aromatic rings. The van der Waals surface area contributed by atoms with E-state index in [4.69, 9.17) is 11.6 Å². The van der Waals surface area contributed by atoms with Crippen molar-refractivity contribution in [1.29, 1.82) is 0 Å². The van der Waals surface area contributed by atoms with Crippen molar-refractivity contribution >= 4 is 11.6 Å². The highest BCUT2D eigenvalue weighted by Crippen LogP contribution is 2.51. The zero-order valence-corrected chi connectivity index (χ0v) is 17.9. The number of aliphatic hydroxyl groups is 1. The van der Waals surface area contributed by atoms with Crippen LogP contribution in [0.2, 0.25) is 5.02 Å². The fourth-order valence-corrected chi connectivity index (χ4v) is 6.28. The van der Waals surface area contributed by atoms with Gasteiger partial charge in [-0.2, -0.15) is 0 Å². The first-order valence-corrected chi connectivity index (χ1v) is 11.5. The van der Waals surface area contributed by atoms with Gasteiger partial charge in [-0.05, 0) is 95.7 Å². The summed E-state index contributed by atoms with van der Waals surface area (Å²) in [5.74, 6) is -0.418. The molecule has 3 atom stereocenters. The molecule has 156 valence electrons. The molecular weight excluding hydrogens is 375 g/mol. The SMILES string of the molecule is CC1(N2CCCCC2)CCCC(N2CCCCC2)C1(O)c1ccc(F)c(Cl)c1. The van der Waals surface area contributed by atoms with Crippen LogP contribution in [-0.4, -0.2) is 52.7 Å². The van der Waals surface area contributed by atoms with Gasteiger partial charge in [0, 0.05) is 6.04 Å². The molecule has 0 aromatic heterocycles. The standard InChI is InChI=1S/C23H34ClFN2O/c1-22(27-15-6-3-7-16-27)12-8-9-21(26-13-4-2-5-14-26)23(22,28)18-10-11-20(25)19(24)17-18/h10-11,17,21,28H,2-9,12-16H2,1H3. The van der Waals surface area contributed by atoms with Crippen LogP contribution in [0.3, 0.4) is 0 Å². The average molecular weight is 409 g/mol. The van der Waals surface area contributed by atoms with E-state index in [0.29, 0.717) is 0 Å². The molecule has 3 aliphatic rings. The number of halogens is 2. The number of hydrogen-bond donors (Lipinski definition) is 1. The molecule has 1 saturated carbocycles. The number of benzene rings is 1. The van der Waals surface area contributed by atoms with Crippen molar-refractivity contribution in [3.05, 3.63) is 34.6 Å². The van der Waals surface area contributed by atoms with E-state index in [1.165, 1.54) is 44.6 Å². The van der Waals surface area contributed by atoms with E-state index < -0.39 is 11.4 Å². The van der Waals surface area contributed by atoms with Gasteiger partial charge in [0.1, 0.15) is 11.4 Å². The minimum atomic E-state index is -1.06. The Morgan fingerprint density at radius 3 is 2.29 bits per heavy atom. The van der Waals surface area contributed by atoms with Gasteiger partial charge in [0.2, 0.25) is 0 Å². The van der Waals surface area contributed by atoms with Gasteiger partial charge in [0.05, 0.1) is 10.6 Å². The third kappa shape index (κ3) is 3.40. The second-order valence-corrected chi connectivity index (χ2v) is 9.63. The summed E-state index contributed by atoms with van der Waals surface area (Å²) < 4.78 is 14.0. The van der Waals surface area contributed by atoms with Gasteiger partial charge >= 0.3 is 0 Å². The maximum Gasteiger partial charge on any atom is 0.141 e. The Kier molecular flexibility index (Phi) is 6.04. The second kappa shape index (κ2) is 8.22. The van der Waals surface area contributed by atoms with Crippen molar-refractivity contribution in [1.82, 2.24) is 9.80 Å². The molecule has 3 unspecified atom stereocenters. The van der Waals surface area contributed by atoms with Gasteiger partial charge in [-0.1, -0.05) is 30.5 Å². The van der Waals surface area contributed by atoms with E-state index in [9.17, 15) is 9.50 Å². The minimum Gasteiger partial charge on any atom is -0.382 e. The highest BCUT2D eigenvalue weighted by molar-refractivity contribution is 6.30. The Labute approximate surface area is 173 Å². The van der Waals surface area contributed by atoms with E-state index >= 15 is 0 Å². The van der Waals surface area contributed by atoms with Crippen molar-refractivity contribution in [2.75, 3.05) is 26.2 Å². The van der Waals surface area contributed by atoms with Crippen LogP contribution in [0.4, 0.5) is 4.39 Å². The number of hydrogen-bond acceptors (Lipinski definition) is 3. The van der Waals surface area contributed by atoms with Crippen molar-refractivity contribution in [3.63, 3.8) is 0 Å². The van der Waals surface area contributed by atoms with Crippen LogP contribution < -0.4 is 0 Å². The summed E-state index contributed by atoms with van der Waals surface area (Å²) in [7, 11) is 0. The van der Waals surface area contributed by atoms with E-state index in [2.05, 4.69) is 16.7 Å². The Morgan fingerprint density at radius 2 is 1.64 bits per heavy atom. The number of likely N-dealkylation sites (tertiary alicyclic amines) is 2. The zero-order chi connectivity index (χ0) is 19.8. The molecule has 3 fully saturated rings. The normalized spacial score (nSPS) is 35.8. The lowest BCUT2D eigenvalue weighted by molar-refractivity contribution is -0.185. The van der Waals surface area contributed by atoms with Crippen molar-refractivity contribution in [2.24, 2.45) is 0 Å². The molecule has 0 spiro atoms. The molecule has 4 rings (SSSR count). The van der Waals surface area contributed by atoms with Crippen LogP contribution in [0.1, 0.15) is 70.3 Å². The fourth-order valence-electron chi connectivity index (χ4n) is 6.10. The van der Waals surface area contributed by atoms with Crippen LogP contribution in [0.15, 0.2) is 18.2 Å². The molecule has 2 saturated heterocycles. The van der Waals surface area contributed by atoms with Crippen LogP contribution in [0.25, 0.3) is 0 Å². The zero-order valence-electron chi connectivity index (χ0n) is 17.1. The first-order chi connectivity index (χ1) is 13.5. The first kappa shape index (κ1) is 20.6. The quantitative estimate of drug-likeness (QED) is 0.766. The van der Waals surface area contributed by atoms with Crippen LogP contribution >= 0.6 is 11.6 Å². The lowest BCUT2D eigenvalue weighted by Gasteiger charge is -2.61. The summed E-state index contributed by atoms with van der Waals surface area (Å²) >= 11 is 6.19. The average Bonchev–Trinajstić information content (AvgIpc) is 2.73. The highest BCUT2D eigenvalue weighted by atomic mass is 35.5. The predicted octanol–water partition coefficient (Wildman–Crippen LogP) is 4.95. The second-order valence-electron chi connectivity index (χ2n) is 9.22. The molecule has 28 heavy (non-hydrogen) atoms. The molecule has 1 aliphatic carbocycles. The van der Waals surface area contributed by atoms with E-state index in [1.807, 2.05) is 0 Å². The molecule has 5 heteroatoms. The third-order valence-electron chi connectivity index (χ3n) is 7.69. The van der Waals surface area contributed by atoms with E-state index in [-0.39, 0.29) is 16.6 Å². The fraction of sp³-hybridized carbons (Fsp3) is 0.739. The Bertz CT molecular complexity index is 689. The molecule has 3 nitrogen and oxygen atoms in total. The Morgan fingerprint density at radius 1 is 1.00 bits per heavy atom. The molecule has 1 N–H and O–H groups in total. The molecule has 0 bridgehead atoms. The molecule has 0 amide bonds. The number of piperidine rings is 2. The summed E-state index contributed by atoms with van der Waals surface area (Å²) in [4.78, 5) is 5.02. The predicted molar refractivity (Wildman–Crippen MR) is 112 cm³/mol. The topological polar surface area (TPSA) is 26.7 Å². The van der Waals surface area contributed by atoms with Crippen molar-refractivity contribution < 1.29 is 9.50 Å². The monoisotopic (exact) mass is 408 g/mol. The number of nitrogens with zero attached hydrogens (tertiary/aromatic N) is 2. The summed E-state index contributed by atoms with van der Waals surface area (Å²) in [5, 5.41) is 12.7. The van der Waals surface area contributed by atoms with Gasteiger partial charge in [0.15, 0.2) is 0 Å². The third-order valence-corrected chi connectivity index (χ3v) is 7.98. The molecule has 2 aliphatic heterocycles. The maximum absolute atomic E-state index is 14.0. The first-order valence-electron chi connectivity index (χ1n) is 11.1. The van der Waals surface area contributed by atoms with Crippen molar-refractivity contribution in [2.45, 2.75) is 81.9 Å². The van der Waals surface area contributed by atoms with Crippen LogP contribution in [0, 0.1) is 5.82 Å². The summed E-state index contributed by atoms with van der Waals surface area (Å²) in [5.41, 5.74) is -0.645. The van der Waals surface area contributed by atoms with E-state index in [0.717, 1.165) is 51.0 Å². The minimum absolute atomic E-state index is 0.0509. The van der Waals surface area contributed by atoms with Crippen LogP contribution in [-0.2, 0) is 5.60 Å². The summed E-state index contributed by atoms with van der Waals surface area (Å²) in [6, 6.07) is 4.93. The lowest BCUT2D eigenvalue weighted by atomic mass is 9.62. The van der Waals surface area contributed by atoms with E-state index in [1.54, 1.807) is 12.1 Å². The van der Waals surface area contributed by atoms with Gasteiger partial charge < -0.3 is 5.11 Å². The summed E-state index contributed by atoms with van der Waals surface area (Å²) in [6.45, 7) is 6.38. The molecule has 0 radical (unpaired) electrons. The maximum atomic E-state index is 14.0. The van der Waals surface area contributed by atoms with Gasteiger partial charge in [-0.3, -0.25) is 9.80 Å². The smallest absolute Gasteiger partial charge is 0.141 e. The van der Waals surface area contributed by atoms with Crippen molar-refractivity contribution in [3.8, 4) is 0 Å². The van der Waals surface area contributed by atoms with Gasteiger partial charge in [0.25, 0.3) is 0 Å². The lowest BCUT2D eigenvalue weighted by Crippen LogP contribution is -2.71. The highest BCUT2D eigenvalue weighted by Gasteiger charge is 2.59. The van der Waals surface area contributed by atoms with Crippen LogP contribution in [0.5, 0.6) is 0 Å².